The van der Waals surface area contributed by atoms with Crippen LogP contribution >= 0.6 is 0 Å². The van der Waals surface area contributed by atoms with Gasteiger partial charge in [0.15, 0.2) is 0 Å². The minimum atomic E-state index is -0.973. The largest absolute Gasteiger partial charge is 0.480 e. The minimum absolute atomic E-state index is 0.163. The van der Waals surface area contributed by atoms with Crippen molar-refractivity contribution < 1.29 is 14.7 Å². The fourth-order valence-corrected chi connectivity index (χ4v) is 2.62. The molecule has 0 aromatic carbocycles. The Bertz CT molecular complexity index is 343. The maximum absolute atomic E-state index is 11.9. The molecule has 0 spiro atoms. The summed E-state index contributed by atoms with van der Waals surface area (Å²) in [6.45, 7) is 8.37. The molecule has 1 rings (SSSR count). The molecule has 0 radical (unpaired) electrons. The van der Waals surface area contributed by atoms with E-state index in [1.54, 1.807) is 0 Å². The third-order valence-corrected chi connectivity index (χ3v) is 3.98. The monoisotopic (exact) mass is 284 g/mol. The summed E-state index contributed by atoms with van der Waals surface area (Å²) in [5, 5.41) is 14.6. The van der Waals surface area contributed by atoms with Crippen LogP contribution in [-0.2, 0) is 4.79 Å². The molecule has 0 bridgehead atoms. The highest BCUT2D eigenvalue weighted by molar-refractivity contribution is 5.82. The zero-order valence-corrected chi connectivity index (χ0v) is 13.0. The number of carbonyl (C=O) groups excluding carboxylic acids is 1. The van der Waals surface area contributed by atoms with E-state index in [0.29, 0.717) is 11.8 Å². The Labute approximate surface area is 121 Å². The number of rotatable bonds is 5. The molecule has 1 fully saturated rings. The standard InChI is InChI=1S/C15H28N2O3/c1-10(2)9-12(13(18)19)17-14(20)16-11-5-7-15(3,4)8-6-11/h10-12H,5-9H2,1-4H3,(H,18,19)(H2,16,17,20). The van der Waals surface area contributed by atoms with Gasteiger partial charge in [-0.25, -0.2) is 9.59 Å². The number of amides is 2. The molecule has 3 N–H and O–H groups in total. The van der Waals surface area contributed by atoms with Crippen molar-refractivity contribution in [2.24, 2.45) is 11.3 Å². The van der Waals surface area contributed by atoms with E-state index in [1.165, 1.54) is 0 Å². The Hall–Kier alpha value is -1.26. The van der Waals surface area contributed by atoms with Gasteiger partial charge >= 0.3 is 12.0 Å². The van der Waals surface area contributed by atoms with Gasteiger partial charge in [-0.1, -0.05) is 27.7 Å². The number of nitrogens with one attached hydrogen (secondary N) is 2. The second-order valence-corrected chi connectivity index (χ2v) is 7.08. The lowest BCUT2D eigenvalue weighted by molar-refractivity contribution is -0.139. The Balaban J connectivity index is 2.40. The average molecular weight is 284 g/mol. The van der Waals surface area contributed by atoms with Gasteiger partial charge in [0, 0.05) is 6.04 Å². The smallest absolute Gasteiger partial charge is 0.326 e. The van der Waals surface area contributed by atoms with Crippen LogP contribution in [0.25, 0.3) is 0 Å². The first kappa shape index (κ1) is 16.8. The number of carboxylic acids is 1. The van der Waals surface area contributed by atoms with E-state index >= 15 is 0 Å². The fraction of sp³-hybridized carbons (Fsp3) is 0.867. The Morgan fingerprint density at radius 3 is 2.25 bits per heavy atom. The zero-order chi connectivity index (χ0) is 15.3. The van der Waals surface area contributed by atoms with Crippen LogP contribution in [0.1, 0.15) is 59.8 Å². The Kier molecular flexibility index (Phi) is 5.84. The quantitative estimate of drug-likeness (QED) is 0.726. The predicted octanol–water partition coefficient (Wildman–Crippen LogP) is 2.75. The van der Waals surface area contributed by atoms with Crippen molar-refractivity contribution in [2.45, 2.75) is 71.9 Å². The normalized spacial score (nSPS) is 20.4. The SMILES string of the molecule is CC(C)CC(NC(=O)NC1CCC(C)(C)CC1)C(=O)O. The predicted molar refractivity (Wildman–Crippen MR) is 78.6 cm³/mol. The molecular weight excluding hydrogens is 256 g/mol. The molecule has 20 heavy (non-hydrogen) atoms. The summed E-state index contributed by atoms with van der Waals surface area (Å²) in [6, 6.07) is -1.01. The second-order valence-electron chi connectivity index (χ2n) is 7.08. The molecule has 0 aliphatic heterocycles. The van der Waals surface area contributed by atoms with E-state index in [9.17, 15) is 9.59 Å². The topological polar surface area (TPSA) is 78.4 Å². The van der Waals surface area contributed by atoms with Crippen LogP contribution in [0.15, 0.2) is 0 Å². The van der Waals surface area contributed by atoms with Crippen LogP contribution in [-0.4, -0.2) is 29.2 Å². The lowest BCUT2D eigenvalue weighted by Gasteiger charge is -2.34. The van der Waals surface area contributed by atoms with Crippen molar-refractivity contribution in [1.29, 1.82) is 0 Å². The lowest BCUT2D eigenvalue weighted by atomic mass is 9.76. The van der Waals surface area contributed by atoms with Crippen LogP contribution < -0.4 is 10.6 Å². The molecule has 1 atom stereocenters. The average Bonchev–Trinajstić information content (AvgIpc) is 2.30. The number of urea groups is 1. The molecule has 1 unspecified atom stereocenters. The number of aliphatic carboxylic acids is 1. The first-order valence-electron chi connectivity index (χ1n) is 7.49. The Morgan fingerprint density at radius 2 is 1.80 bits per heavy atom. The third-order valence-electron chi connectivity index (χ3n) is 3.98. The molecule has 5 heteroatoms. The highest BCUT2D eigenvalue weighted by atomic mass is 16.4. The molecule has 116 valence electrons. The van der Waals surface area contributed by atoms with Crippen molar-refractivity contribution in [1.82, 2.24) is 10.6 Å². The van der Waals surface area contributed by atoms with Gasteiger partial charge < -0.3 is 15.7 Å². The minimum Gasteiger partial charge on any atom is -0.480 e. The first-order chi connectivity index (χ1) is 9.19. The van der Waals surface area contributed by atoms with E-state index in [4.69, 9.17) is 5.11 Å². The van der Waals surface area contributed by atoms with Crippen LogP contribution in [0, 0.1) is 11.3 Å². The van der Waals surface area contributed by atoms with Gasteiger partial charge in [0.1, 0.15) is 6.04 Å². The summed E-state index contributed by atoms with van der Waals surface area (Å²) in [7, 11) is 0. The molecule has 0 aromatic heterocycles. The summed E-state index contributed by atoms with van der Waals surface area (Å²) < 4.78 is 0. The maximum Gasteiger partial charge on any atom is 0.326 e. The van der Waals surface area contributed by atoms with Gasteiger partial charge in [0.25, 0.3) is 0 Å². The van der Waals surface area contributed by atoms with Crippen molar-refractivity contribution >= 4 is 12.0 Å². The summed E-state index contributed by atoms with van der Waals surface area (Å²) in [5.41, 5.74) is 0.357. The molecule has 0 aromatic rings. The van der Waals surface area contributed by atoms with Gasteiger partial charge in [0.2, 0.25) is 0 Å². The van der Waals surface area contributed by atoms with E-state index < -0.39 is 12.0 Å². The summed E-state index contributed by atoms with van der Waals surface area (Å²) in [4.78, 5) is 23.0. The van der Waals surface area contributed by atoms with E-state index in [2.05, 4.69) is 24.5 Å². The van der Waals surface area contributed by atoms with Gasteiger partial charge in [-0.15, -0.1) is 0 Å². The van der Waals surface area contributed by atoms with Crippen molar-refractivity contribution in [3.8, 4) is 0 Å². The lowest BCUT2D eigenvalue weighted by Crippen LogP contribution is -2.50. The highest BCUT2D eigenvalue weighted by Gasteiger charge is 2.28. The maximum atomic E-state index is 11.9. The third kappa shape index (κ3) is 5.80. The molecule has 0 saturated heterocycles. The van der Waals surface area contributed by atoms with Crippen molar-refractivity contribution in [3.05, 3.63) is 0 Å². The first-order valence-corrected chi connectivity index (χ1v) is 7.49. The molecule has 0 heterocycles. The van der Waals surface area contributed by atoms with Gasteiger partial charge in [-0.2, -0.15) is 0 Å². The zero-order valence-electron chi connectivity index (χ0n) is 13.0. The van der Waals surface area contributed by atoms with E-state index in [1.807, 2.05) is 13.8 Å². The van der Waals surface area contributed by atoms with Crippen LogP contribution in [0.5, 0.6) is 0 Å². The van der Waals surface area contributed by atoms with Crippen LogP contribution in [0.2, 0.25) is 0 Å². The summed E-state index contributed by atoms with van der Waals surface area (Å²) in [5.74, 6) is -0.745. The van der Waals surface area contributed by atoms with Crippen LogP contribution in [0.3, 0.4) is 0 Å². The molecular formula is C15H28N2O3. The van der Waals surface area contributed by atoms with Gasteiger partial charge in [-0.3, -0.25) is 0 Å². The number of hydrogen-bond donors (Lipinski definition) is 3. The molecule has 1 saturated carbocycles. The summed E-state index contributed by atoms with van der Waals surface area (Å²) >= 11 is 0. The van der Waals surface area contributed by atoms with Gasteiger partial charge in [-0.05, 0) is 43.4 Å². The molecule has 1 aliphatic rings. The number of hydrogen-bond acceptors (Lipinski definition) is 2. The van der Waals surface area contributed by atoms with Crippen LogP contribution in [0.4, 0.5) is 4.79 Å². The number of carbonyl (C=O) groups is 2. The number of carboxylic acid groups (broad SMARTS) is 1. The molecule has 5 nitrogen and oxygen atoms in total. The van der Waals surface area contributed by atoms with E-state index in [-0.39, 0.29) is 18.0 Å². The highest BCUT2D eigenvalue weighted by Crippen LogP contribution is 2.34. The molecule has 1 aliphatic carbocycles. The fourth-order valence-electron chi connectivity index (χ4n) is 2.62. The van der Waals surface area contributed by atoms with Crippen molar-refractivity contribution in [2.75, 3.05) is 0 Å². The Morgan fingerprint density at radius 1 is 1.25 bits per heavy atom. The molecule has 2 amide bonds. The summed E-state index contributed by atoms with van der Waals surface area (Å²) in [6.07, 6.45) is 4.55. The van der Waals surface area contributed by atoms with Crippen molar-refractivity contribution in [3.63, 3.8) is 0 Å². The second kappa shape index (κ2) is 6.95. The van der Waals surface area contributed by atoms with Gasteiger partial charge in [0.05, 0.1) is 0 Å². The van der Waals surface area contributed by atoms with E-state index in [0.717, 1.165) is 25.7 Å².